The highest BCUT2D eigenvalue weighted by Gasteiger charge is 2.17. The van der Waals surface area contributed by atoms with E-state index >= 15 is 0 Å². The first-order valence-corrected chi connectivity index (χ1v) is 5.89. The molecule has 0 aliphatic heterocycles. The maximum Gasteiger partial charge on any atom is 0.303 e. The van der Waals surface area contributed by atoms with E-state index in [1.165, 1.54) is 6.07 Å². The minimum atomic E-state index is -0.891. The lowest BCUT2D eigenvalue weighted by Gasteiger charge is -2.22. The quantitative estimate of drug-likeness (QED) is 0.893. The van der Waals surface area contributed by atoms with Crippen molar-refractivity contribution in [2.24, 2.45) is 0 Å². The van der Waals surface area contributed by atoms with Gasteiger partial charge in [0.1, 0.15) is 5.60 Å². The largest absolute Gasteiger partial charge is 0.485 e. The number of carboxylic acid groups (broad SMARTS) is 1. The summed E-state index contributed by atoms with van der Waals surface area (Å²) < 4.78 is 19.3. The molecule has 1 aromatic rings. The number of aliphatic carboxylic acids is 1. The smallest absolute Gasteiger partial charge is 0.303 e. The van der Waals surface area contributed by atoms with Crippen molar-refractivity contribution < 1.29 is 19.0 Å². The van der Waals surface area contributed by atoms with Gasteiger partial charge in [0, 0.05) is 0 Å². The average molecular weight is 254 g/mol. The molecule has 0 aliphatic rings. The van der Waals surface area contributed by atoms with Gasteiger partial charge in [-0.25, -0.2) is 4.39 Å². The molecule has 0 spiro atoms. The summed E-state index contributed by atoms with van der Waals surface area (Å²) in [6.45, 7) is 7.28. The molecule has 1 aromatic carbocycles. The number of carboxylic acids is 1. The molecule has 0 saturated heterocycles. The van der Waals surface area contributed by atoms with Crippen molar-refractivity contribution in [1.29, 1.82) is 0 Å². The van der Waals surface area contributed by atoms with Crippen LogP contribution in [0.1, 0.15) is 45.6 Å². The Morgan fingerprint density at radius 1 is 1.44 bits per heavy atom. The predicted octanol–water partition coefficient (Wildman–Crippen LogP) is 3.58. The zero-order valence-electron chi connectivity index (χ0n) is 11.2. The number of hydrogen-bond donors (Lipinski definition) is 1. The molecular weight excluding hydrogens is 235 g/mol. The Morgan fingerprint density at radius 2 is 2.06 bits per heavy atom. The van der Waals surface area contributed by atoms with Gasteiger partial charge in [-0.05, 0) is 44.4 Å². The van der Waals surface area contributed by atoms with Crippen LogP contribution in [0.5, 0.6) is 5.75 Å². The van der Waals surface area contributed by atoms with Crippen LogP contribution in [0, 0.1) is 5.82 Å². The molecule has 18 heavy (non-hydrogen) atoms. The van der Waals surface area contributed by atoms with Crippen molar-refractivity contribution in [3.63, 3.8) is 0 Å². The summed E-state index contributed by atoms with van der Waals surface area (Å²) in [4.78, 5) is 10.6. The number of ether oxygens (including phenoxy) is 1. The second kappa shape index (κ2) is 5.38. The van der Waals surface area contributed by atoms with Gasteiger partial charge < -0.3 is 9.84 Å². The van der Waals surface area contributed by atoms with Gasteiger partial charge in [0.25, 0.3) is 0 Å². The first-order valence-electron chi connectivity index (χ1n) is 5.89. The fourth-order valence-electron chi connectivity index (χ4n) is 1.62. The predicted molar refractivity (Wildman–Crippen MR) is 67.4 cm³/mol. The molecule has 100 valence electrons. The molecule has 0 aliphatic carbocycles. The summed E-state index contributed by atoms with van der Waals surface area (Å²) in [5.41, 5.74) is 0.200. The molecule has 0 heterocycles. The number of halogens is 1. The van der Waals surface area contributed by atoms with E-state index in [0.29, 0.717) is 5.56 Å². The first-order chi connectivity index (χ1) is 8.19. The van der Waals surface area contributed by atoms with E-state index in [2.05, 4.69) is 0 Å². The van der Waals surface area contributed by atoms with E-state index < -0.39 is 17.4 Å². The van der Waals surface area contributed by atoms with E-state index in [1.54, 1.807) is 19.1 Å². The second-order valence-electron chi connectivity index (χ2n) is 5.40. The number of carbonyl (C=O) groups is 1. The molecule has 1 N–H and O–H groups in total. The molecule has 0 amide bonds. The standard InChI is InChI=1S/C14H19FO3/c1-9(7-13(16)17)10-5-6-12(11(15)8-10)18-14(2,3)4/h5-6,8-9H,7H2,1-4H3,(H,16,17). The lowest BCUT2D eigenvalue weighted by Crippen LogP contribution is -2.23. The highest BCUT2D eigenvalue weighted by Crippen LogP contribution is 2.27. The third-order valence-electron chi connectivity index (χ3n) is 2.42. The third-order valence-corrected chi connectivity index (χ3v) is 2.42. The monoisotopic (exact) mass is 254 g/mol. The number of rotatable bonds is 4. The van der Waals surface area contributed by atoms with E-state index in [4.69, 9.17) is 9.84 Å². The van der Waals surface area contributed by atoms with Gasteiger partial charge in [-0.15, -0.1) is 0 Å². The Labute approximate surface area is 107 Å². The minimum absolute atomic E-state index is 0.0150. The maximum absolute atomic E-state index is 13.8. The lowest BCUT2D eigenvalue weighted by atomic mass is 9.97. The Kier molecular flexibility index (Phi) is 4.33. The summed E-state index contributed by atoms with van der Waals surface area (Å²) in [6, 6.07) is 4.60. The zero-order chi connectivity index (χ0) is 13.9. The van der Waals surface area contributed by atoms with Crippen LogP contribution in [-0.4, -0.2) is 16.7 Å². The van der Waals surface area contributed by atoms with Crippen molar-refractivity contribution in [2.45, 2.75) is 45.6 Å². The van der Waals surface area contributed by atoms with E-state index in [1.807, 2.05) is 20.8 Å². The van der Waals surface area contributed by atoms with Crippen molar-refractivity contribution >= 4 is 5.97 Å². The number of benzene rings is 1. The molecule has 0 radical (unpaired) electrons. The zero-order valence-corrected chi connectivity index (χ0v) is 11.2. The maximum atomic E-state index is 13.8. The third kappa shape index (κ3) is 4.35. The summed E-state index contributed by atoms with van der Waals surface area (Å²) >= 11 is 0. The molecule has 1 rings (SSSR count). The summed E-state index contributed by atoms with van der Waals surface area (Å²) in [5.74, 6) is -1.38. The van der Waals surface area contributed by atoms with Crippen molar-refractivity contribution in [3.05, 3.63) is 29.6 Å². The Hall–Kier alpha value is -1.58. The minimum Gasteiger partial charge on any atom is -0.485 e. The number of hydrogen-bond acceptors (Lipinski definition) is 2. The SMILES string of the molecule is CC(CC(=O)O)c1ccc(OC(C)(C)C)c(F)c1. The van der Waals surface area contributed by atoms with Crippen molar-refractivity contribution in [3.8, 4) is 5.75 Å². The van der Waals surface area contributed by atoms with Gasteiger partial charge in [0.15, 0.2) is 11.6 Å². The van der Waals surface area contributed by atoms with E-state index in [9.17, 15) is 9.18 Å². The first kappa shape index (κ1) is 14.5. The molecule has 0 aromatic heterocycles. The van der Waals surface area contributed by atoms with Gasteiger partial charge in [-0.3, -0.25) is 4.79 Å². The normalized spacial score (nSPS) is 13.2. The summed E-state index contributed by atoms with van der Waals surface area (Å²) in [6.07, 6.45) is -0.0150. The molecule has 1 unspecified atom stereocenters. The molecule has 4 heteroatoms. The molecule has 0 saturated carbocycles. The second-order valence-corrected chi connectivity index (χ2v) is 5.40. The Bertz CT molecular complexity index is 435. The van der Waals surface area contributed by atoms with Crippen LogP contribution >= 0.6 is 0 Å². The molecule has 1 atom stereocenters. The van der Waals surface area contributed by atoms with E-state index in [0.717, 1.165) is 0 Å². The Morgan fingerprint density at radius 3 is 2.50 bits per heavy atom. The fraction of sp³-hybridized carbons (Fsp3) is 0.500. The summed E-state index contributed by atoms with van der Waals surface area (Å²) in [7, 11) is 0. The fourth-order valence-corrected chi connectivity index (χ4v) is 1.62. The van der Waals surface area contributed by atoms with Crippen LogP contribution in [-0.2, 0) is 4.79 Å². The van der Waals surface area contributed by atoms with Gasteiger partial charge in [0.2, 0.25) is 0 Å². The highest BCUT2D eigenvalue weighted by molar-refractivity contribution is 5.68. The molecule has 3 nitrogen and oxygen atoms in total. The average Bonchev–Trinajstić information content (AvgIpc) is 2.18. The van der Waals surface area contributed by atoms with Gasteiger partial charge in [-0.2, -0.15) is 0 Å². The van der Waals surface area contributed by atoms with Crippen LogP contribution in [0.15, 0.2) is 18.2 Å². The van der Waals surface area contributed by atoms with Gasteiger partial charge in [-0.1, -0.05) is 13.0 Å². The van der Waals surface area contributed by atoms with Crippen molar-refractivity contribution in [2.75, 3.05) is 0 Å². The van der Waals surface area contributed by atoms with Crippen LogP contribution in [0.2, 0.25) is 0 Å². The molecule has 0 fully saturated rings. The van der Waals surface area contributed by atoms with Gasteiger partial charge in [0.05, 0.1) is 6.42 Å². The van der Waals surface area contributed by atoms with Gasteiger partial charge >= 0.3 is 5.97 Å². The molecular formula is C14H19FO3. The highest BCUT2D eigenvalue weighted by atomic mass is 19.1. The molecule has 0 bridgehead atoms. The van der Waals surface area contributed by atoms with Crippen molar-refractivity contribution in [1.82, 2.24) is 0 Å². The van der Waals surface area contributed by atoms with Crippen LogP contribution in [0.4, 0.5) is 4.39 Å². The summed E-state index contributed by atoms with van der Waals surface area (Å²) in [5, 5.41) is 8.70. The van der Waals surface area contributed by atoms with Crippen LogP contribution < -0.4 is 4.74 Å². The Balaban J connectivity index is 2.88. The van der Waals surface area contributed by atoms with Crippen LogP contribution in [0.3, 0.4) is 0 Å². The van der Waals surface area contributed by atoms with E-state index in [-0.39, 0.29) is 18.1 Å². The van der Waals surface area contributed by atoms with Crippen LogP contribution in [0.25, 0.3) is 0 Å². The topological polar surface area (TPSA) is 46.5 Å². The lowest BCUT2D eigenvalue weighted by molar-refractivity contribution is -0.137.